The molecule has 1 N–H and O–H groups in total. The number of halogens is 1. The molecule has 5 nitrogen and oxygen atoms in total. The van der Waals surface area contributed by atoms with Crippen molar-refractivity contribution in [1.29, 1.82) is 0 Å². The summed E-state index contributed by atoms with van der Waals surface area (Å²) in [6, 6.07) is 6.86. The lowest BCUT2D eigenvalue weighted by Gasteiger charge is -2.08. The molecule has 0 bridgehead atoms. The summed E-state index contributed by atoms with van der Waals surface area (Å²) in [7, 11) is 0. The molecule has 0 fully saturated rings. The number of nitrogens with zero attached hydrogens (tertiary/aromatic N) is 3. The lowest BCUT2D eigenvalue weighted by molar-refractivity contribution is 0.0699. The van der Waals surface area contributed by atoms with Crippen molar-refractivity contribution in [2.75, 3.05) is 0 Å². The smallest absolute Gasteiger partial charge is 0.336 e. The van der Waals surface area contributed by atoms with Crippen LogP contribution in [0, 0.1) is 6.92 Å². The van der Waals surface area contributed by atoms with E-state index in [2.05, 4.69) is 30.9 Å². The maximum absolute atomic E-state index is 11.5. The zero-order chi connectivity index (χ0) is 15.0. The Bertz CT molecular complexity index is 865. The maximum Gasteiger partial charge on any atom is 0.336 e. The predicted molar refractivity (Wildman–Crippen MR) is 82.2 cm³/mol. The number of hydrogen-bond acceptors (Lipinski definition) is 4. The Balaban J connectivity index is 2.35. The number of aryl methyl sites for hydroxylation is 1. The summed E-state index contributed by atoms with van der Waals surface area (Å²) in [5, 5.41) is 10.0. The molecule has 0 amide bonds. The highest BCUT2D eigenvalue weighted by molar-refractivity contribution is 9.10. The molecule has 0 spiro atoms. The molecule has 0 aliphatic heterocycles. The normalized spacial score (nSPS) is 10.8. The second-order valence-electron chi connectivity index (χ2n) is 4.51. The van der Waals surface area contributed by atoms with Gasteiger partial charge >= 0.3 is 5.97 Å². The van der Waals surface area contributed by atoms with Crippen LogP contribution >= 0.6 is 15.9 Å². The molecule has 3 rings (SSSR count). The van der Waals surface area contributed by atoms with Crippen LogP contribution in [0.5, 0.6) is 0 Å². The fourth-order valence-electron chi connectivity index (χ4n) is 2.16. The van der Waals surface area contributed by atoms with Crippen molar-refractivity contribution >= 4 is 32.8 Å². The van der Waals surface area contributed by atoms with Crippen molar-refractivity contribution in [3.05, 3.63) is 52.4 Å². The third-order valence-corrected chi connectivity index (χ3v) is 3.62. The molecule has 1 aromatic carbocycles. The van der Waals surface area contributed by atoms with E-state index in [0.717, 1.165) is 4.47 Å². The fourth-order valence-corrected chi connectivity index (χ4v) is 2.51. The van der Waals surface area contributed by atoms with E-state index in [-0.39, 0.29) is 5.56 Å². The van der Waals surface area contributed by atoms with Crippen LogP contribution in [0.3, 0.4) is 0 Å². The summed E-state index contributed by atoms with van der Waals surface area (Å²) in [4.78, 5) is 24.4. The van der Waals surface area contributed by atoms with E-state index >= 15 is 0 Å². The van der Waals surface area contributed by atoms with Gasteiger partial charge in [-0.15, -0.1) is 0 Å². The molecule has 0 unspecified atom stereocenters. The van der Waals surface area contributed by atoms with Crippen LogP contribution in [0.15, 0.2) is 41.1 Å². The second kappa shape index (κ2) is 5.21. The Morgan fingerprint density at radius 2 is 1.95 bits per heavy atom. The second-order valence-corrected chi connectivity index (χ2v) is 5.43. The highest BCUT2D eigenvalue weighted by Crippen LogP contribution is 2.27. The number of fused-ring (bicyclic) bond motifs is 1. The fraction of sp³-hybridized carbons (Fsp3) is 0.0667. The van der Waals surface area contributed by atoms with Gasteiger partial charge in [0.05, 0.1) is 22.5 Å². The summed E-state index contributed by atoms with van der Waals surface area (Å²) < 4.78 is 0.840. The molecule has 2 heterocycles. The molecule has 3 aromatic rings. The Morgan fingerprint density at radius 3 is 2.67 bits per heavy atom. The van der Waals surface area contributed by atoms with Crippen LogP contribution in [-0.4, -0.2) is 26.0 Å². The van der Waals surface area contributed by atoms with Gasteiger partial charge in [-0.25, -0.2) is 9.78 Å². The van der Waals surface area contributed by atoms with E-state index in [1.54, 1.807) is 30.6 Å². The van der Waals surface area contributed by atoms with Crippen LogP contribution in [0.2, 0.25) is 0 Å². The average Bonchev–Trinajstić information content (AvgIpc) is 2.46. The van der Waals surface area contributed by atoms with Crippen molar-refractivity contribution < 1.29 is 9.90 Å². The number of carboxylic acid groups (broad SMARTS) is 1. The third kappa shape index (κ3) is 2.50. The summed E-state index contributed by atoms with van der Waals surface area (Å²) in [6.07, 6.45) is 3.16. The number of carbonyl (C=O) groups is 1. The lowest BCUT2D eigenvalue weighted by Crippen LogP contribution is -2.02. The number of hydrogen-bond donors (Lipinski definition) is 1. The number of pyridine rings is 1. The van der Waals surface area contributed by atoms with Gasteiger partial charge in [-0.3, -0.25) is 9.97 Å². The molecule has 0 saturated carbocycles. The molecular weight excluding hydrogens is 334 g/mol. The standard InChI is InChI=1S/C15H10BrN3O2/c1-8-14(18-5-4-17-8)13-7-11(15(20)21)10-3-2-9(16)6-12(10)19-13/h2-7H,1H3,(H,20,21). The Hall–Kier alpha value is -2.34. The zero-order valence-corrected chi connectivity index (χ0v) is 12.6. The van der Waals surface area contributed by atoms with Gasteiger partial charge in [-0.1, -0.05) is 22.0 Å². The largest absolute Gasteiger partial charge is 0.478 e. The summed E-state index contributed by atoms with van der Waals surface area (Å²) in [5.41, 5.74) is 2.60. The maximum atomic E-state index is 11.5. The van der Waals surface area contributed by atoms with Crippen molar-refractivity contribution in [2.45, 2.75) is 6.92 Å². The minimum Gasteiger partial charge on any atom is -0.478 e. The topological polar surface area (TPSA) is 76.0 Å². The molecule has 0 radical (unpaired) electrons. The van der Waals surface area contributed by atoms with Gasteiger partial charge in [0, 0.05) is 22.3 Å². The van der Waals surface area contributed by atoms with E-state index in [1.165, 1.54) is 6.07 Å². The quantitative estimate of drug-likeness (QED) is 0.770. The molecule has 104 valence electrons. The first-order valence-electron chi connectivity index (χ1n) is 6.18. The molecule has 0 saturated heterocycles. The molecule has 0 aliphatic carbocycles. The van der Waals surface area contributed by atoms with Crippen LogP contribution < -0.4 is 0 Å². The SMILES string of the molecule is Cc1nccnc1-c1cc(C(=O)O)c2ccc(Br)cc2n1. The van der Waals surface area contributed by atoms with Crippen molar-refractivity contribution in [3.63, 3.8) is 0 Å². The summed E-state index contributed by atoms with van der Waals surface area (Å²) in [6.45, 7) is 1.82. The van der Waals surface area contributed by atoms with E-state index < -0.39 is 5.97 Å². The molecular formula is C15H10BrN3O2. The highest BCUT2D eigenvalue weighted by Gasteiger charge is 2.15. The van der Waals surface area contributed by atoms with Crippen molar-refractivity contribution in [1.82, 2.24) is 15.0 Å². The minimum atomic E-state index is -0.993. The number of aromatic carboxylic acids is 1. The van der Waals surface area contributed by atoms with Gasteiger partial charge in [0.1, 0.15) is 5.69 Å². The first-order valence-corrected chi connectivity index (χ1v) is 6.97. The number of carboxylic acids is 1. The average molecular weight is 344 g/mol. The van der Waals surface area contributed by atoms with Gasteiger partial charge in [-0.2, -0.15) is 0 Å². The van der Waals surface area contributed by atoms with Crippen LogP contribution in [-0.2, 0) is 0 Å². The highest BCUT2D eigenvalue weighted by atomic mass is 79.9. The van der Waals surface area contributed by atoms with Gasteiger partial charge in [0.15, 0.2) is 0 Å². The van der Waals surface area contributed by atoms with Crippen LogP contribution in [0.1, 0.15) is 16.1 Å². The number of aromatic nitrogens is 3. The van der Waals surface area contributed by atoms with E-state index in [0.29, 0.717) is 28.0 Å². The van der Waals surface area contributed by atoms with Gasteiger partial charge in [0.25, 0.3) is 0 Å². The Morgan fingerprint density at radius 1 is 1.19 bits per heavy atom. The summed E-state index contributed by atoms with van der Waals surface area (Å²) >= 11 is 3.37. The number of benzene rings is 1. The molecule has 6 heteroatoms. The lowest BCUT2D eigenvalue weighted by atomic mass is 10.1. The van der Waals surface area contributed by atoms with E-state index in [1.807, 2.05) is 6.92 Å². The van der Waals surface area contributed by atoms with E-state index in [4.69, 9.17) is 0 Å². The first kappa shape index (κ1) is 13.6. The molecule has 0 aliphatic rings. The van der Waals surface area contributed by atoms with Crippen molar-refractivity contribution in [2.24, 2.45) is 0 Å². The first-order chi connectivity index (χ1) is 10.1. The Kier molecular flexibility index (Phi) is 3.39. The Labute approximate surface area is 128 Å². The van der Waals surface area contributed by atoms with Gasteiger partial charge < -0.3 is 5.11 Å². The molecule has 2 aromatic heterocycles. The van der Waals surface area contributed by atoms with Gasteiger partial charge in [-0.05, 0) is 25.1 Å². The number of rotatable bonds is 2. The minimum absolute atomic E-state index is 0.201. The third-order valence-electron chi connectivity index (χ3n) is 3.13. The molecule has 21 heavy (non-hydrogen) atoms. The van der Waals surface area contributed by atoms with Crippen LogP contribution in [0.4, 0.5) is 0 Å². The van der Waals surface area contributed by atoms with Gasteiger partial charge in [0.2, 0.25) is 0 Å². The predicted octanol–water partition coefficient (Wildman–Crippen LogP) is 3.46. The van der Waals surface area contributed by atoms with Crippen molar-refractivity contribution in [3.8, 4) is 11.4 Å². The zero-order valence-electron chi connectivity index (χ0n) is 11.0. The monoisotopic (exact) mass is 343 g/mol. The van der Waals surface area contributed by atoms with E-state index in [9.17, 15) is 9.90 Å². The van der Waals surface area contributed by atoms with Crippen LogP contribution in [0.25, 0.3) is 22.3 Å². The summed E-state index contributed by atoms with van der Waals surface area (Å²) in [5.74, 6) is -0.993. The molecule has 0 atom stereocenters.